The highest BCUT2D eigenvalue weighted by Crippen LogP contribution is 2.51. The maximum atomic E-state index is 13.9. The van der Waals surface area contributed by atoms with E-state index in [0.717, 1.165) is 37.7 Å². The lowest BCUT2D eigenvalue weighted by molar-refractivity contribution is 0.146. The molecular weight excluding hydrogens is 262 g/mol. The van der Waals surface area contributed by atoms with Crippen LogP contribution < -0.4 is 0 Å². The summed E-state index contributed by atoms with van der Waals surface area (Å²) in [5.41, 5.74) is 1.15. The van der Waals surface area contributed by atoms with E-state index < -0.39 is 7.68 Å². The highest BCUT2D eigenvalue weighted by Gasteiger charge is 2.27. The van der Waals surface area contributed by atoms with Crippen molar-refractivity contribution in [3.05, 3.63) is 35.9 Å². The Labute approximate surface area is 114 Å². The molecule has 106 valence electrons. The average molecular weight is 284 g/mol. The quantitative estimate of drug-likeness (QED) is 0.677. The van der Waals surface area contributed by atoms with Crippen molar-refractivity contribution in [3.8, 4) is 0 Å². The molecule has 0 spiro atoms. The van der Waals surface area contributed by atoms with Crippen LogP contribution in [0.2, 0.25) is 0 Å². The summed E-state index contributed by atoms with van der Waals surface area (Å²) in [7, 11) is -3.90. The van der Waals surface area contributed by atoms with Gasteiger partial charge in [-0.2, -0.15) is 4.20 Å². The van der Waals surface area contributed by atoms with E-state index in [9.17, 15) is 8.76 Å². The minimum atomic E-state index is -3.90. The molecule has 4 heteroatoms. The molecule has 1 aliphatic carbocycles. The van der Waals surface area contributed by atoms with Gasteiger partial charge in [-0.1, -0.05) is 49.6 Å². The molecule has 0 amide bonds. The molecule has 0 bridgehead atoms. The Morgan fingerprint density at radius 3 is 2.53 bits per heavy atom. The molecule has 1 atom stereocenters. The highest BCUT2D eigenvalue weighted by atomic mass is 31.2. The number of halogens is 1. The van der Waals surface area contributed by atoms with E-state index in [-0.39, 0.29) is 12.3 Å². The minimum Gasteiger partial charge on any atom is -0.302 e. The second kappa shape index (κ2) is 7.21. The van der Waals surface area contributed by atoms with Crippen molar-refractivity contribution in [1.29, 1.82) is 0 Å². The van der Waals surface area contributed by atoms with Gasteiger partial charge in [0.05, 0.1) is 12.3 Å². The van der Waals surface area contributed by atoms with Gasteiger partial charge in [0.1, 0.15) is 0 Å². The summed E-state index contributed by atoms with van der Waals surface area (Å²) in [6, 6.07) is 9.89. The average Bonchev–Trinajstić information content (AvgIpc) is 2.40. The Bertz CT molecular complexity index is 415. The van der Waals surface area contributed by atoms with E-state index in [1.165, 1.54) is 6.42 Å². The first kappa shape index (κ1) is 14.7. The molecule has 1 aromatic carbocycles. The van der Waals surface area contributed by atoms with Crippen molar-refractivity contribution in [2.45, 2.75) is 51.0 Å². The van der Waals surface area contributed by atoms with Crippen LogP contribution in [0.25, 0.3) is 0 Å². The third-order valence-electron chi connectivity index (χ3n) is 3.59. The molecule has 19 heavy (non-hydrogen) atoms. The Morgan fingerprint density at radius 2 is 1.84 bits per heavy atom. The molecule has 2 nitrogen and oxygen atoms in total. The van der Waals surface area contributed by atoms with Gasteiger partial charge in [-0.3, -0.25) is 4.57 Å². The SMILES string of the molecule is O=[P@](F)(CCCc1ccccc1)OC1CCCCC1. The maximum Gasteiger partial charge on any atom is 0.367 e. The van der Waals surface area contributed by atoms with Crippen molar-refractivity contribution in [3.63, 3.8) is 0 Å². The lowest BCUT2D eigenvalue weighted by Crippen LogP contribution is -2.15. The molecule has 0 saturated heterocycles. The van der Waals surface area contributed by atoms with Crippen molar-refractivity contribution in [1.82, 2.24) is 0 Å². The molecule has 0 N–H and O–H groups in total. The summed E-state index contributed by atoms with van der Waals surface area (Å²) < 4.78 is 30.9. The second-order valence-electron chi connectivity index (χ2n) is 5.27. The predicted octanol–water partition coefficient (Wildman–Crippen LogP) is 5.13. The van der Waals surface area contributed by atoms with Crippen LogP contribution in [0.4, 0.5) is 4.20 Å². The topological polar surface area (TPSA) is 26.3 Å². The lowest BCUT2D eigenvalue weighted by Gasteiger charge is -2.23. The van der Waals surface area contributed by atoms with E-state index in [1.54, 1.807) is 0 Å². The van der Waals surface area contributed by atoms with E-state index in [2.05, 4.69) is 0 Å². The number of rotatable bonds is 6. The summed E-state index contributed by atoms with van der Waals surface area (Å²) in [6.07, 6.45) is 6.26. The molecule has 1 aromatic rings. The van der Waals surface area contributed by atoms with Crippen LogP contribution >= 0.6 is 7.68 Å². The fourth-order valence-electron chi connectivity index (χ4n) is 2.56. The fraction of sp³-hybridized carbons (Fsp3) is 0.600. The first-order valence-electron chi connectivity index (χ1n) is 7.17. The van der Waals surface area contributed by atoms with Crippen molar-refractivity contribution in [2.24, 2.45) is 0 Å². The smallest absolute Gasteiger partial charge is 0.302 e. The van der Waals surface area contributed by atoms with Crippen LogP contribution in [-0.2, 0) is 15.5 Å². The molecule has 0 aromatic heterocycles. The summed E-state index contributed by atoms with van der Waals surface area (Å²) >= 11 is 0. The highest BCUT2D eigenvalue weighted by molar-refractivity contribution is 7.53. The van der Waals surface area contributed by atoms with Crippen LogP contribution in [0.3, 0.4) is 0 Å². The first-order valence-corrected chi connectivity index (χ1v) is 8.87. The van der Waals surface area contributed by atoms with E-state index in [1.807, 2.05) is 30.3 Å². The van der Waals surface area contributed by atoms with Gasteiger partial charge in [0, 0.05) is 0 Å². The van der Waals surface area contributed by atoms with Gasteiger partial charge in [0.2, 0.25) is 0 Å². The molecule has 2 rings (SSSR count). The van der Waals surface area contributed by atoms with E-state index in [4.69, 9.17) is 4.52 Å². The molecule has 1 fully saturated rings. The summed E-state index contributed by atoms with van der Waals surface area (Å²) in [6.45, 7) is 0. The predicted molar refractivity (Wildman–Crippen MR) is 76.3 cm³/mol. The zero-order chi connectivity index (χ0) is 13.6. The Kier molecular flexibility index (Phi) is 5.59. The number of benzene rings is 1. The van der Waals surface area contributed by atoms with Crippen LogP contribution in [0.1, 0.15) is 44.1 Å². The van der Waals surface area contributed by atoms with Gasteiger partial charge in [-0.25, -0.2) is 0 Å². The number of hydrogen-bond acceptors (Lipinski definition) is 2. The van der Waals surface area contributed by atoms with Crippen molar-refractivity contribution < 1.29 is 13.3 Å². The van der Waals surface area contributed by atoms with Crippen LogP contribution in [0.15, 0.2) is 30.3 Å². The first-order chi connectivity index (χ1) is 9.16. The van der Waals surface area contributed by atoms with E-state index in [0.29, 0.717) is 6.42 Å². The molecule has 0 heterocycles. The third-order valence-corrected chi connectivity index (χ3v) is 5.06. The van der Waals surface area contributed by atoms with E-state index >= 15 is 0 Å². The van der Waals surface area contributed by atoms with Crippen LogP contribution in [-0.4, -0.2) is 12.3 Å². The van der Waals surface area contributed by atoms with Crippen LogP contribution in [0, 0.1) is 0 Å². The lowest BCUT2D eigenvalue weighted by atomic mass is 9.98. The third kappa shape index (κ3) is 5.46. The van der Waals surface area contributed by atoms with Gasteiger partial charge >= 0.3 is 7.68 Å². The Hall–Kier alpha value is -0.660. The molecular formula is C15H22FO2P. The normalized spacial score (nSPS) is 20.1. The van der Waals surface area contributed by atoms with Gasteiger partial charge in [0.25, 0.3) is 0 Å². The minimum absolute atomic E-state index is 0.0401. The monoisotopic (exact) mass is 284 g/mol. The second-order valence-corrected chi connectivity index (χ2v) is 7.11. The number of hydrogen-bond donors (Lipinski definition) is 0. The molecule has 0 unspecified atom stereocenters. The molecule has 1 aliphatic rings. The van der Waals surface area contributed by atoms with Gasteiger partial charge < -0.3 is 4.52 Å². The van der Waals surface area contributed by atoms with Crippen LogP contribution in [0.5, 0.6) is 0 Å². The zero-order valence-electron chi connectivity index (χ0n) is 11.3. The molecule has 0 aliphatic heterocycles. The molecule has 0 radical (unpaired) electrons. The Balaban J connectivity index is 1.72. The molecule has 1 saturated carbocycles. The van der Waals surface area contributed by atoms with Gasteiger partial charge in [-0.05, 0) is 31.2 Å². The maximum absolute atomic E-state index is 13.9. The standard InChI is InChI=1S/C15H22FO2P/c16-19(17,18-15-11-5-2-6-12-15)13-7-10-14-8-3-1-4-9-14/h1,3-4,8-9,15H,2,5-7,10-13H2/t19-/m1/s1. The fourth-order valence-corrected chi connectivity index (χ4v) is 3.86. The summed E-state index contributed by atoms with van der Waals surface area (Å²) in [4.78, 5) is 0. The summed E-state index contributed by atoms with van der Waals surface area (Å²) in [5.74, 6) is 0. The van der Waals surface area contributed by atoms with Gasteiger partial charge in [0.15, 0.2) is 0 Å². The summed E-state index contributed by atoms with van der Waals surface area (Å²) in [5, 5.41) is 0. The van der Waals surface area contributed by atoms with Crippen molar-refractivity contribution >= 4 is 7.68 Å². The number of aryl methyl sites for hydroxylation is 1. The van der Waals surface area contributed by atoms with Gasteiger partial charge in [-0.15, -0.1) is 0 Å². The largest absolute Gasteiger partial charge is 0.367 e. The Morgan fingerprint density at radius 1 is 1.16 bits per heavy atom. The van der Waals surface area contributed by atoms with Crippen molar-refractivity contribution in [2.75, 3.05) is 6.16 Å². The zero-order valence-corrected chi connectivity index (χ0v) is 12.2.